The molecule has 1 aliphatic heterocycles. The largest absolute Gasteiger partial charge is 0.475 e. The van der Waals surface area contributed by atoms with Crippen LogP contribution in [0.1, 0.15) is 29.3 Å². The number of fused-ring (bicyclic) bond motifs is 2. The Bertz CT molecular complexity index is 1090. The van der Waals surface area contributed by atoms with E-state index in [1.165, 1.54) is 30.4 Å². The Morgan fingerprint density at radius 1 is 1.52 bits per heavy atom. The van der Waals surface area contributed by atoms with Crippen molar-refractivity contribution < 1.29 is 19.2 Å². The van der Waals surface area contributed by atoms with E-state index >= 15 is 0 Å². The highest BCUT2D eigenvalue weighted by Crippen LogP contribution is 2.39. The highest BCUT2D eigenvalue weighted by Gasteiger charge is 2.38. The van der Waals surface area contributed by atoms with Crippen molar-refractivity contribution in [3.63, 3.8) is 0 Å². The first-order valence-corrected chi connectivity index (χ1v) is 9.68. The zero-order valence-electron chi connectivity index (χ0n) is 15.3. The van der Waals surface area contributed by atoms with Crippen molar-refractivity contribution in [3.05, 3.63) is 38.3 Å². The number of nitriles is 1. The van der Waals surface area contributed by atoms with Gasteiger partial charge in [-0.3, -0.25) is 14.5 Å². The van der Waals surface area contributed by atoms with E-state index in [-0.39, 0.29) is 11.6 Å². The number of nitro groups is 1. The number of pyridine rings is 1. The second-order valence-electron chi connectivity index (χ2n) is 6.65. The van der Waals surface area contributed by atoms with Gasteiger partial charge in [-0.25, -0.2) is 0 Å². The van der Waals surface area contributed by atoms with Crippen LogP contribution >= 0.6 is 11.3 Å². The molecule has 0 aromatic carbocycles. The van der Waals surface area contributed by atoms with Crippen LogP contribution in [0.2, 0.25) is 0 Å². The van der Waals surface area contributed by atoms with Crippen LogP contribution in [0.3, 0.4) is 0 Å². The summed E-state index contributed by atoms with van der Waals surface area (Å²) in [5.74, 6) is -1.41. The quantitative estimate of drug-likeness (QED) is 0.598. The van der Waals surface area contributed by atoms with Gasteiger partial charge in [-0.15, -0.1) is 11.3 Å². The van der Waals surface area contributed by atoms with Crippen molar-refractivity contribution in [1.29, 1.82) is 5.26 Å². The summed E-state index contributed by atoms with van der Waals surface area (Å²) < 4.78 is 5.44. The third-order valence-corrected chi connectivity index (χ3v) is 5.98. The zero-order chi connectivity index (χ0) is 20.7. The summed E-state index contributed by atoms with van der Waals surface area (Å²) in [6, 6.07) is 4.67. The Morgan fingerprint density at radius 3 is 3.03 bits per heavy atom. The van der Waals surface area contributed by atoms with Crippen LogP contribution in [0.5, 0.6) is 5.75 Å². The summed E-state index contributed by atoms with van der Waals surface area (Å²) in [7, 11) is 0. The lowest BCUT2D eigenvalue weighted by atomic mass is 10.1. The van der Waals surface area contributed by atoms with Crippen molar-refractivity contribution in [2.75, 3.05) is 16.8 Å². The number of amides is 2. The minimum atomic E-state index is -0.862. The number of carbonyl (C=O) groups is 2. The van der Waals surface area contributed by atoms with Crippen molar-refractivity contribution in [1.82, 2.24) is 4.98 Å². The van der Waals surface area contributed by atoms with Crippen LogP contribution in [0, 0.1) is 21.4 Å². The van der Waals surface area contributed by atoms with Crippen LogP contribution in [-0.2, 0) is 22.4 Å². The molecule has 0 saturated heterocycles. The minimum Gasteiger partial charge on any atom is -0.475 e. The highest BCUT2D eigenvalue weighted by molar-refractivity contribution is 7.16. The van der Waals surface area contributed by atoms with E-state index in [4.69, 9.17) is 4.74 Å². The van der Waals surface area contributed by atoms with Gasteiger partial charge in [0.2, 0.25) is 5.91 Å². The summed E-state index contributed by atoms with van der Waals surface area (Å²) in [4.78, 5) is 41.6. The number of carbonyl (C=O) groups excluding carboxylic acids is 2. The van der Waals surface area contributed by atoms with Crippen LogP contribution in [-0.4, -0.2) is 34.4 Å². The van der Waals surface area contributed by atoms with Crippen molar-refractivity contribution in [2.24, 2.45) is 0 Å². The van der Waals surface area contributed by atoms with Crippen molar-refractivity contribution in [2.45, 2.75) is 32.3 Å². The topological polar surface area (TPSA) is 138 Å². The van der Waals surface area contributed by atoms with Gasteiger partial charge in [-0.2, -0.15) is 5.26 Å². The Hall–Kier alpha value is -3.52. The molecule has 3 heterocycles. The molecule has 0 bridgehead atoms. The molecule has 10 nitrogen and oxygen atoms in total. The lowest BCUT2D eigenvalue weighted by Crippen LogP contribution is -2.48. The first kappa shape index (κ1) is 18.8. The fraction of sp³-hybridized carbons (Fsp3) is 0.333. The van der Waals surface area contributed by atoms with Gasteiger partial charge in [0.25, 0.3) is 11.7 Å². The Kier molecular flexibility index (Phi) is 4.63. The normalized spacial score (nSPS) is 17.2. The molecule has 0 fully saturated rings. The molecule has 1 N–H and O–H groups in total. The zero-order valence-corrected chi connectivity index (χ0v) is 16.1. The molecule has 0 spiro atoms. The maximum Gasteiger partial charge on any atom is 0.366 e. The number of hydrogen-bond donors (Lipinski definition) is 1. The van der Waals surface area contributed by atoms with Crippen molar-refractivity contribution in [3.8, 4) is 11.8 Å². The third kappa shape index (κ3) is 3.27. The number of nitrogens with zero attached hydrogens (tertiary/aromatic N) is 4. The molecular formula is C18H15N5O5S. The fourth-order valence-corrected chi connectivity index (χ4v) is 4.71. The Labute approximate surface area is 168 Å². The molecule has 0 saturated carbocycles. The third-order valence-electron chi connectivity index (χ3n) is 4.77. The lowest BCUT2D eigenvalue weighted by Gasteiger charge is -2.28. The smallest absolute Gasteiger partial charge is 0.366 e. The van der Waals surface area contributed by atoms with Crippen LogP contribution in [0.25, 0.3) is 0 Å². The second kappa shape index (κ2) is 7.14. The summed E-state index contributed by atoms with van der Waals surface area (Å²) in [6.45, 7) is 1.12. The number of aromatic nitrogens is 1. The summed E-state index contributed by atoms with van der Waals surface area (Å²) in [5, 5.41) is 23.6. The molecule has 4 rings (SSSR count). The number of aryl methyl sites for hydroxylation is 1. The van der Waals surface area contributed by atoms with Gasteiger partial charge in [-0.05, 0) is 47.7 Å². The number of ether oxygens (including phenoxy) is 1. The van der Waals surface area contributed by atoms with Gasteiger partial charge in [-0.1, -0.05) is 0 Å². The second-order valence-corrected chi connectivity index (χ2v) is 7.76. The number of hydrogen-bond acceptors (Lipinski definition) is 8. The number of nitrogens with one attached hydrogen (secondary N) is 1. The molecule has 1 unspecified atom stereocenters. The molecular weight excluding hydrogens is 398 g/mol. The minimum absolute atomic E-state index is 0.0772. The van der Waals surface area contributed by atoms with Gasteiger partial charge in [0.15, 0.2) is 11.9 Å². The predicted molar refractivity (Wildman–Crippen MR) is 103 cm³/mol. The maximum atomic E-state index is 12.6. The number of rotatable bonds is 4. The Morgan fingerprint density at radius 2 is 2.31 bits per heavy atom. The fourth-order valence-electron chi connectivity index (χ4n) is 3.45. The van der Waals surface area contributed by atoms with Crippen LogP contribution < -0.4 is 15.0 Å². The molecule has 1 aliphatic carbocycles. The summed E-state index contributed by atoms with van der Waals surface area (Å²) >= 11 is 1.37. The predicted octanol–water partition coefficient (Wildman–Crippen LogP) is 2.16. The average Bonchev–Trinajstić information content (AvgIpc) is 3.25. The highest BCUT2D eigenvalue weighted by atomic mass is 32.1. The molecule has 11 heteroatoms. The molecule has 2 aromatic heterocycles. The molecule has 29 heavy (non-hydrogen) atoms. The van der Waals surface area contributed by atoms with E-state index in [2.05, 4.69) is 16.4 Å². The SMILES string of the molecule is CC1Oc2ccc([N+](=O)[O-])nc2N(CC(=O)Nc2sc3c(c2C#N)CCC3)C1=O. The molecule has 148 valence electrons. The molecule has 2 aliphatic rings. The van der Waals surface area contributed by atoms with Crippen molar-refractivity contribution >= 4 is 39.8 Å². The Balaban J connectivity index is 1.60. The first-order valence-electron chi connectivity index (χ1n) is 8.87. The van der Waals surface area contributed by atoms with Gasteiger partial charge >= 0.3 is 5.82 Å². The van der Waals surface area contributed by atoms with E-state index in [1.807, 2.05) is 0 Å². The summed E-state index contributed by atoms with van der Waals surface area (Å²) in [5.41, 5.74) is 1.44. The van der Waals surface area contributed by atoms with E-state index in [0.717, 1.165) is 34.6 Å². The molecule has 1 atom stereocenters. The standard InChI is InChI=1S/C18H15N5O5S/c1-9-18(25)22(16-12(28-9)5-6-14(20-16)23(26)27)8-15(24)21-17-11(7-19)10-3-2-4-13(10)29-17/h5-6,9H,2-4,8H2,1H3,(H,21,24). The number of thiophene rings is 1. The van der Waals surface area contributed by atoms with Gasteiger partial charge in [0.1, 0.15) is 17.6 Å². The van der Waals surface area contributed by atoms with Crippen LogP contribution in [0.4, 0.5) is 16.6 Å². The van der Waals surface area contributed by atoms with Gasteiger partial charge in [0, 0.05) is 10.9 Å². The monoisotopic (exact) mass is 413 g/mol. The van der Waals surface area contributed by atoms with Gasteiger partial charge < -0.3 is 20.2 Å². The van der Waals surface area contributed by atoms with E-state index < -0.39 is 35.2 Å². The molecule has 2 aromatic rings. The average molecular weight is 413 g/mol. The lowest BCUT2D eigenvalue weighted by molar-refractivity contribution is -0.389. The summed E-state index contributed by atoms with van der Waals surface area (Å²) in [6.07, 6.45) is 1.82. The van der Waals surface area contributed by atoms with Gasteiger partial charge in [0.05, 0.1) is 5.56 Å². The van der Waals surface area contributed by atoms with Crippen LogP contribution in [0.15, 0.2) is 12.1 Å². The maximum absolute atomic E-state index is 12.6. The number of anilines is 2. The van der Waals surface area contributed by atoms with E-state index in [9.17, 15) is 25.0 Å². The first-order chi connectivity index (χ1) is 13.9. The molecule has 2 amide bonds. The van der Waals surface area contributed by atoms with E-state index in [0.29, 0.717) is 10.6 Å². The van der Waals surface area contributed by atoms with E-state index in [1.54, 1.807) is 0 Å². The molecule has 0 radical (unpaired) electrons.